The minimum absolute atomic E-state index is 0.0781. The van der Waals surface area contributed by atoms with Crippen LogP contribution >= 0.6 is 0 Å². The van der Waals surface area contributed by atoms with Crippen LogP contribution in [0.15, 0.2) is 77.8 Å². The Balaban J connectivity index is 1.51. The van der Waals surface area contributed by atoms with E-state index < -0.39 is 27.8 Å². The van der Waals surface area contributed by atoms with Gasteiger partial charge in [0.15, 0.2) is 0 Å². The van der Waals surface area contributed by atoms with Crippen molar-refractivity contribution in [1.29, 1.82) is 0 Å². The fraction of sp³-hybridized carbons (Fsp3) is 0.250. The molecular weight excluding hydrogens is 536 g/mol. The van der Waals surface area contributed by atoms with Crippen molar-refractivity contribution < 1.29 is 32.3 Å². The van der Waals surface area contributed by atoms with E-state index in [2.05, 4.69) is 15.6 Å². The van der Waals surface area contributed by atoms with Crippen LogP contribution in [-0.2, 0) is 26.0 Å². The maximum atomic E-state index is 12.7. The van der Waals surface area contributed by atoms with Gasteiger partial charge < -0.3 is 15.4 Å². The molecule has 0 spiro atoms. The predicted molar refractivity (Wildman–Crippen MR) is 146 cm³/mol. The van der Waals surface area contributed by atoms with Gasteiger partial charge in [-0.2, -0.15) is 0 Å². The van der Waals surface area contributed by atoms with Gasteiger partial charge in [-0.3, -0.25) is 24.2 Å². The highest BCUT2D eigenvalue weighted by Crippen LogP contribution is 2.12. The second-order valence-electron chi connectivity index (χ2n) is 8.96. The largest absolute Gasteiger partial charge is 0.462 e. The first-order chi connectivity index (χ1) is 19.0. The number of aromatic nitrogens is 1. The van der Waals surface area contributed by atoms with Gasteiger partial charge in [-0.05, 0) is 68.7 Å². The molecule has 0 aliphatic carbocycles. The van der Waals surface area contributed by atoms with Gasteiger partial charge in [0.2, 0.25) is 0 Å². The van der Waals surface area contributed by atoms with Crippen LogP contribution in [0.1, 0.15) is 57.0 Å². The van der Waals surface area contributed by atoms with Crippen LogP contribution in [0.5, 0.6) is 0 Å². The Bertz CT molecular complexity index is 1440. The maximum absolute atomic E-state index is 12.7. The van der Waals surface area contributed by atoms with Gasteiger partial charge in [-0.1, -0.05) is 30.3 Å². The van der Waals surface area contributed by atoms with E-state index in [-0.39, 0.29) is 40.3 Å². The molecule has 0 aliphatic rings. The summed E-state index contributed by atoms with van der Waals surface area (Å²) in [5.74, 6) is -2.58. The summed E-state index contributed by atoms with van der Waals surface area (Å²) >= 11 is 0. The lowest BCUT2D eigenvalue weighted by atomic mass is 10.1. The van der Waals surface area contributed by atoms with Crippen molar-refractivity contribution in [3.8, 4) is 0 Å². The molecule has 3 N–H and O–H groups in total. The van der Waals surface area contributed by atoms with Crippen LogP contribution in [0.25, 0.3) is 0 Å². The van der Waals surface area contributed by atoms with Crippen LogP contribution in [0.2, 0.25) is 0 Å². The molecule has 1 heterocycles. The van der Waals surface area contributed by atoms with Crippen molar-refractivity contribution in [2.24, 2.45) is 0 Å². The third-order valence-corrected chi connectivity index (χ3v) is 6.79. The Morgan fingerprint density at radius 2 is 1.50 bits per heavy atom. The molecule has 11 nitrogen and oxygen atoms in total. The Labute approximate surface area is 232 Å². The number of amides is 3. The van der Waals surface area contributed by atoms with E-state index in [0.717, 1.165) is 19.0 Å². The van der Waals surface area contributed by atoms with E-state index in [4.69, 9.17) is 4.74 Å². The van der Waals surface area contributed by atoms with Gasteiger partial charge in [-0.15, -0.1) is 0 Å². The van der Waals surface area contributed by atoms with E-state index in [1.54, 1.807) is 13.8 Å². The van der Waals surface area contributed by atoms with Crippen molar-refractivity contribution >= 4 is 33.7 Å². The van der Waals surface area contributed by atoms with E-state index >= 15 is 0 Å². The predicted octanol–water partition coefficient (Wildman–Crippen LogP) is 2.24. The van der Waals surface area contributed by atoms with Crippen LogP contribution in [-0.4, -0.2) is 56.3 Å². The summed E-state index contributed by atoms with van der Waals surface area (Å²) < 4.78 is 32.2. The number of nitrogens with one attached hydrogen (secondary N) is 3. The van der Waals surface area contributed by atoms with Crippen LogP contribution in [0.3, 0.4) is 0 Å². The highest BCUT2D eigenvalue weighted by molar-refractivity contribution is 7.90. The molecule has 0 saturated carbocycles. The topological polar surface area (TPSA) is 161 Å². The monoisotopic (exact) mass is 566 g/mol. The average molecular weight is 567 g/mol. The molecule has 1 aromatic heterocycles. The second-order valence-corrected chi connectivity index (χ2v) is 10.6. The molecule has 0 unspecified atom stereocenters. The van der Waals surface area contributed by atoms with Gasteiger partial charge in [-0.25, -0.2) is 13.1 Å². The van der Waals surface area contributed by atoms with Gasteiger partial charge in [0.05, 0.1) is 16.6 Å². The van der Waals surface area contributed by atoms with E-state index in [1.807, 2.05) is 35.1 Å². The molecule has 3 aromatic rings. The van der Waals surface area contributed by atoms with Crippen molar-refractivity contribution in [2.45, 2.75) is 37.7 Å². The van der Waals surface area contributed by atoms with Crippen LogP contribution < -0.4 is 15.4 Å². The summed E-state index contributed by atoms with van der Waals surface area (Å²) in [5, 5.41) is 5.14. The SMILES string of the molecule is CC(C)OC(=O)CNC(=O)c1ccc(C(=O)NS(=O)(=O)c2ccc(C(=O)NCCCc3ccccc3)cc2)cn1. The third kappa shape index (κ3) is 9.02. The lowest BCUT2D eigenvalue weighted by molar-refractivity contribution is -0.146. The highest BCUT2D eigenvalue weighted by atomic mass is 32.2. The zero-order chi connectivity index (χ0) is 29.1. The molecular formula is C28H30N4O7S. The number of esters is 1. The van der Waals surface area contributed by atoms with Crippen molar-refractivity contribution in [2.75, 3.05) is 13.1 Å². The average Bonchev–Trinajstić information content (AvgIpc) is 2.94. The first kappa shape index (κ1) is 30.0. The molecule has 0 bridgehead atoms. The minimum Gasteiger partial charge on any atom is -0.462 e. The number of benzene rings is 2. The van der Waals surface area contributed by atoms with Crippen molar-refractivity contribution in [3.05, 3.63) is 95.3 Å². The lowest BCUT2D eigenvalue weighted by Gasteiger charge is -2.10. The summed E-state index contributed by atoms with van der Waals surface area (Å²) in [6, 6.07) is 17.5. The van der Waals surface area contributed by atoms with Crippen LogP contribution in [0, 0.1) is 0 Å². The van der Waals surface area contributed by atoms with E-state index in [1.165, 1.54) is 42.0 Å². The molecule has 0 aliphatic heterocycles. The minimum atomic E-state index is -4.25. The Kier molecular flexibility index (Phi) is 10.5. The lowest BCUT2D eigenvalue weighted by Crippen LogP contribution is -2.32. The number of carbonyl (C=O) groups is 4. The molecule has 40 heavy (non-hydrogen) atoms. The molecule has 0 atom stereocenters. The standard InChI is InChI=1S/C28H30N4O7S/c1-19(2)39-25(33)18-31-28(36)24-15-12-22(17-30-24)27(35)32-40(37,38)23-13-10-21(11-14-23)26(34)29-16-6-9-20-7-4-3-5-8-20/h3-5,7-8,10-15,17,19H,6,9,16,18H2,1-2H3,(H,29,34)(H,31,36)(H,32,35). The number of aryl methyl sites for hydroxylation is 1. The summed E-state index contributed by atoms with van der Waals surface area (Å²) in [6.45, 7) is 3.46. The van der Waals surface area contributed by atoms with Crippen molar-refractivity contribution in [3.63, 3.8) is 0 Å². The number of hydrogen-bond donors (Lipinski definition) is 3. The molecule has 2 aromatic carbocycles. The zero-order valence-corrected chi connectivity index (χ0v) is 22.9. The second kappa shape index (κ2) is 14.0. The highest BCUT2D eigenvalue weighted by Gasteiger charge is 2.20. The molecule has 0 radical (unpaired) electrons. The normalized spacial score (nSPS) is 11.0. The number of rotatable bonds is 12. The summed E-state index contributed by atoms with van der Waals surface area (Å²) in [5.41, 5.74) is 1.27. The molecule has 3 rings (SSSR count). The van der Waals surface area contributed by atoms with Crippen molar-refractivity contribution in [1.82, 2.24) is 20.3 Å². The van der Waals surface area contributed by atoms with Gasteiger partial charge in [0, 0.05) is 18.3 Å². The Morgan fingerprint density at radius 1 is 0.825 bits per heavy atom. The van der Waals surface area contributed by atoms with Gasteiger partial charge in [0.25, 0.3) is 27.7 Å². The Hall–Kier alpha value is -4.58. The summed E-state index contributed by atoms with van der Waals surface area (Å²) in [4.78, 5) is 52.2. The molecule has 3 amide bonds. The summed E-state index contributed by atoms with van der Waals surface area (Å²) in [6.07, 6.45) is 2.28. The third-order valence-electron chi connectivity index (χ3n) is 5.44. The number of ether oxygens (including phenoxy) is 1. The van der Waals surface area contributed by atoms with Gasteiger partial charge >= 0.3 is 5.97 Å². The number of sulfonamides is 1. The molecule has 0 fully saturated rings. The number of pyridine rings is 1. The van der Waals surface area contributed by atoms with E-state index in [9.17, 15) is 27.6 Å². The smallest absolute Gasteiger partial charge is 0.325 e. The molecule has 0 saturated heterocycles. The number of nitrogens with zero attached hydrogens (tertiary/aromatic N) is 1. The zero-order valence-electron chi connectivity index (χ0n) is 22.0. The fourth-order valence-corrected chi connectivity index (χ4v) is 4.45. The van der Waals surface area contributed by atoms with Crippen LogP contribution in [0.4, 0.5) is 0 Å². The maximum Gasteiger partial charge on any atom is 0.325 e. The first-order valence-electron chi connectivity index (χ1n) is 12.5. The molecule has 12 heteroatoms. The summed E-state index contributed by atoms with van der Waals surface area (Å²) in [7, 11) is -4.25. The Morgan fingerprint density at radius 3 is 2.12 bits per heavy atom. The molecule has 210 valence electrons. The van der Waals surface area contributed by atoms with Gasteiger partial charge in [0.1, 0.15) is 12.2 Å². The quantitative estimate of drug-likeness (QED) is 0.222. The van der Waals surface area contributed by atoms with E-state index in [0.29, 0.717) is 6.54 Å². The number of hydrogen-bond acceptors (Lipinski definition) is 8. The first-order valence-corrected chi connectivity index (χ1v) is 14.0. The number of carbonyl (C=O) groups excluding carboxylic acids is 4. The fourth-order valence-electron chi connectivity index (χ4n) is 3.48.